The highest BCUT2D eigenvalue weighted by Gasteiger charge is 2.27. The van der Waals surface area contributed by atoms with E-state index in [1.54, 1.807) is 13.2 Å². The topological polar surface area (TPSA) is 55.6 Å². The molecule has 1 fully saturated rings. The second-order valence-electron chi connectivity index (χ2n) is 7.16. The second kappa shape index (κ2) is 7.77. The normalized spacial score (nSPS) is 15.3. The molecule has 0 atom stereocenters. The highest BCUT2D eigenvalue weighted by atomic mass is 16.6. The number of hydrogen-bond donors (Lipinski definition) is 0. The Morgan fingerprint density at radius 1 is 1.15 bits per heavy atom. The lowest BCUT2D eigenvalue weighted by atomic mass is 9.88. The average Bonchev–Trinajstić information content (AvgIpc) is 2.67. The van der Waals surface area contributed by atoms with E-state index >= 15 is 0 Å². The van der Waals surface area contributed by atoms with Crippen LogP contribution in [0.3, 0.4) is 0 Å². The number of benzene rings is 2. The van der Waals surface area contributed by atoms with Gasteiger partial charge in [0.1, 0.15) is 11.4 Å². The molecule has 1 heterocycles. The van der Waals surface area contributed by atoms with Crippen molar-refractivity contribution in [3.8, 4) is 5.75 Å². The average molecular weight is 354 g/mol. The van der Waals surface area contributed by atoms with Crippen LogP contribution >= 0.6 is 0 Å². The SMILES string of the molecule is COc1ccccc1C1CCN(c2ccc(C(C)C)cc2[N+](=O)[O-])CC1. The van der Waals surface area contributed by atoms with Crippen molar-refractivity contribution in [3.05, 3.63) is 63.7 Å². The van der Waals surface area contributed by atoms with Gasteiger partial charge in [0, 0.05) is 19.2 Å². The van der Waals surface area contributed by atoms with Gasteiger partial charge in [-0.05, 0) is 47.9 Å². The van der Waals surface area contributed by atoms with Gasteiger partial charge in [0.25, 0.3) is 5.69 Å². The Hall–Kier alpha value is -2.56. The minimum Gasteiger partial charge on any atom is -0.496 e. The summed E-state index contributed by atoms with van der Waals surface area (Å²) in [5.41, 5.74) is 3.19. The Labute approximate surface area is 154 Å². The molecule has 0 unspecified atom stereocenters. The molecule has 26 heavy (non-hydrogen) atoms. The van der Waals surface area contributed by atoms with Crippen LogP contribution in [0.15, 0.2) is 42.5 Å². The van der Waals surface area contributed by atoms with E-state index in [2.05, 4.69) is 24.8 Å². The first-order valence-corrected chi connectivity index (χ1v) is 9.17. The molecule has 0 aromatic heterocycles. The number of nitro groups is 1. The predicted molar refractivity (Wildman–Crippen MR) is 104 cm³/mol. The minimum atomic E-state index is -0.256. The zero-order valence-electron chi connectivity index (χ0n) is 15.6. The Morgan fingerprint density at radius 3 is 2.46 bits per heavy atom. The summed E-state index contributed by atoms with van der Waals surface area (Å²) in [6.07, 6.45) is 1.92. The molecule has 0 radical (unpaired) electrons. The number of methoxy groups -OCH3 is 1. The van der Waals surface area contributed by atoms with E-state index in [1.807, 2.05) is 30.3 Å². The summed E-state index contributed by atoms with van der Waals surface area (Å²) in [5, 5.41) is 11.6. The summed E-state index contributed by atoms with van der Waals surface area (Å²) >= 11 is 0. The molecule has 5 nitrogen and oxygen atoms in total. The third-order valence-electron chi connectivity index (χ3n) is 5.28. The monoisotopic (exact) mass is 354 g/mol. The smallest absolute Gasteiger partial charge is 0.292 e. The molecule has 138 valence electrons. The lowest BCUT2D eigenvalue weighted by molar-refractivity contribution is -0.384. The van der Waals surface area contributed by atoms with Crippen LogP contribution in [-0.4, -0.2) is 25.1 Å². The minimum absolute atomic E-state index is 0.215. The van der Waals surface area contributed by atoms with Crippen LogP contribution in [0.4, 0.5) is 11.4 Å². The standard InChI is InChI=1S/C21H26N2O3/c1-15(2)17-8-9-19(20(14-17)23(24)25)22-12-10-16(11-13-22)18-6-4-5-7-21(18)26-3/h4-9,14-16H,10-13H2,1-3H3. The molecule has 2 aromatic carbocycles. The molecule has 0 N–H and O–H groups in total. The Balaban J connectivity index is 1.79. The number of nitro benzene ring substituents is 1. The van der Waals surface area contributed by atoms with E-state index in [0.29, 0.717) is 5.92 Å². The van der Waals surface area contributed by atoms with Gasteiger partial charge in [0.05, 0.1) is 12.0 Å². The molecule has 1 aliphatic heterocycles. The summed E-state index contributed by atoms with van der Waals surface area (Å²) in [6, 6.07) is 13.8. The van der Waals surface area contributed by atoms with Gasteiger partial charge >= 0.3 is 0 Å². The van der Waals surface area contributed by atoms with Crippen LogP contribution in [0.1, 0.15) is 49.7 Å². The maximum absolute atomic E-state index is 11.6. The Morgan fingerprint density at radius 2 is 1.85 bits per heavy atom. The van der Waals surface area contributed by atoms with Crippen LogP contribution in [0, 0.1) is 10.1 Å². The van der Waals surface area contributed by atoms with Crippen molar-refractivity contribution in [3.63, 3.8) is 0 Å². The molecule has 0 amide bonds. The molecule has 0 saturated carbocycles. The van der Waals surface area contributed by atoms with Gasteiger partial charge < -0.3 is 9.64 Å². The van der Waals surface area contributed by atoms with Crippen LogP contribution in [0.2, 0.25) is 0 Å². The van der Waals surface area contributed by atoms with Crippen molar-refractivity contribution in [2.75, 3.05) is 25.1 Å². The largest absolute Gasteiger partial charge is 0.496 e. The molecule has 1 aliphatic rings. The fourth-order valence-electron chi connectivity index (χ4n) is 3.75. The molecular weight excluding hydrogens is 328 g/mol. The molecule has 0 spiro atoms. The van der Waals surface area contributed by atoms with E-state index in [-0.39, 0.29) is 16.5 Å². The van der Waals surface area contributed by atoms with Gasteiger partial charge in [0.15, 0.2) is 0 Å². The molecular formula is C21H26N2O3. The number of para-hydroxylation sites is 1. The number of ether oxygens (including phenoxy) is 1. The van der Waals surface area contributed by atoms with Gasteiger partial charge in [-0.3, -0.25) is 10.1 Å². The zero-order valence-corrected chi connectivity index (χ0v) is 15.6. The van der Waals surface area contributed by atoms with Gasteiger partial charge in [0.2, 0.25) is 0 Å². The highest BCUT2D eigenvalue weighted by Crippen LogP contribution is 2.38. The van der Waals surface area contributed by atoms with Crippen LogP contribution in [-0.2, 0) is 0 Å². The maximum atomic E-state index is 11.6. The highest BCUT2D eigenvalue weighted by molar-refractivity contribution is 5.65. The summed E-state index contributed by atoms with van der Waals surface area (Å²) in [4.78, 5) is 13.5. The van der Waals surface area contributed by atoms with E-state index in [1.165, 1.54) is 5.56 Å². The summed E-state index contributed by atoms with van der Waals surface area (Å²) in [7, 11) is 1.70. The lowest BCUT2D eigenvalue weighted by Gasteiger charge is -2.34. The van der Waals surface area contributed by atoms with Crippen molar-refractivity contribution in [2.24, 2.45) is 0 Å². The first kappa shape index (κ1) is 18.2. The lowest BCUT2D eigenvalue weighted by Crippen LogP contribution is -2.33. The molecule has 1 saturated heterocycles. The zero-order chi connectivity index (χ0) is 18.7. The fraction of sp³-hybridized carbons (Fsp3) is 0.429. The predicted octanol–water partition coefficient (Wildman–Crippen LogP) is 5.11. The van der Waals surface area contributed by atoms with Crippen molar-refractivity contribution >= 4 is 11.4 Å². The van der Waals surface area contributed by atoms with Crippen molar-refractivity contribution in [1.29, 1.82) is 0 Å². The van der Waals surface area contributed by atoms with E-state index in [9.17, 15) is 10.1 Å². The van der Waals surface area contributed by atoms with Gasteiger partial charge in [-0.25, -0.2) is 0 Å². The van der Waals surface area contributed by atoms with E-state index < -0.39 is 0 Å². The first-order valence-electron chi connectivity index (χ1n) is 9.17. The fourth-order valence-corrected chi connectivity index (χ4v) is 3.75. The third-order valence-corrected chi connectivity index (χ3v) is 5.28. The number of piperidine rings is 1. The Kier molecular flexibility index (Phi) is 5.45. The number of anilines is 1. The van der Waals surface area contributed by atoms with Crippen molar-refractivity contribution < 1.29 is 9.66 Å². The molecule has 5 heteroatoms. The van der Waals surface area contributed by atoms with Crippen LogP contribution in [0.25, 0.3) is 0 Å². The number of hydrogen-bond acceptors (Lipinski definition) is 4. The molecule has 3 rings (SSSR count). The van der Waals surface area contributed by atoms with Crippen LogP contribution in [0.5, 0.6) is 5.75 Å². The number of nitrogens with zero attached hydrogens (tertiary/aromatic N) is 2. The maximum Gasteiger partial charge on any atom is 0.292 e. The first-order chi connectivity index (χ1) is 12.5. The molecule has 0 bridgehead atoms. The van der Waals surface area contributed by atoms with Crippen LogP contribution < -0.4 is 9.64 Å². The van der Waals surface area contributed by atoms with E-state index in [0.717, 1.165) is 42.9 Å². The quantitative estimate of drug-likeness (QED) is 0.553. The van der Waals surface area contributed by atoms with Gasteiger partial charge in [-0.15, -0.1) is 0 Å². The van der Waals surface area contributed by atoms with Gasteiger partial charge in [-0.1, -0.05) is 38.1 Å². The van der Waals surface area contributed by atoms with Crippen molar-refractivity contribution in [2.45, 2.75) is 38.5 Å². The van der Waals surface area contributed by atoms with Crippen molar-refractivity contribution in [1.82, 2.24) is 0 Å². The molecule has 0 aliphatic carbocycles. The summed E-state index contributed by atoms with van der Waals surface area (Å²) in [6.45, 7) is 5.73. The Bertz CT molecular complexity index is 781. The second-order valence-corrected chi connectivity index (χ2v) is 7.16. The van der Waals surface area contributed by atoms with E-state index in [4.69, 9.17) is 4.74 Å². The third kappa shape index (κ3) is 3.66. The number of rotatable bonds is 5. The van der Waals surface area contributed by atoms with Gasteiger partial charge in [-0.2, -0.15) is 0 Å². The molecule has 2 aromatic rings. The summed E-state index contributed by atoms with van der Waals surface area (Å²) in [5.74, 6) is 1.63. The summed E-state index contributed by atoms with van der Waals surface area (Å²) < 4.78 is 5.49.